The van der Waals surface area contributed by atoms with Crippen molar-refractivity contribution in [3.05, 3.63) is 89.5 Å². The van der Waals surface area contributed by atoms with E-state index in [0.29, 0.717) is 0 Å². The van der Waals surface area contributed by atoms with Crippen LogP contribution in [0.3, 0.4) is 0 Å². The summed E-state index contributed by atoms with van der Waals surface area (Å²) in [6, 6.07) is 25.4. The van der Waals surface area contributed by atoms with Crippen LogP contribution in [0.2, 0.25) is 0 Å². The Bertz CT molecular complexity index is 791. The standard InChI is InChI=1S/C21H19NO/c1-22(2)16-13-11-15(12-14-16)21-17-7-3-5-9-19(17)23-20-10-6-4-8-18(20)21/h3-14,21H,1-2H3. The summed E-state index contributed by atoms with van der Waals surface area (Å²) in [5, 5.41) is 0. The molecule has 0 amide bonds. The van der Waals surface area contributed by atoms with Gasteiger partial charge in [0.25, 0.3) is 0 Å². The number of rotatable bonds is 2. The summed E-state index contributed by atoms with van der Waals surface area (Å²) < 4.78 is 6.08. The van der Waals surface area contributed by atoms with Crippen LogP contribution >= 0.6 is 0 Å². The lowest BCUT2D eigenvalue weighted by molar-refractivity contribution is 0.453. The Hall–Kier alpha value is -2.74. The third-order valence-corrected chi connectivity index (χ3v) is 4.42. The summed E-state index contributed by atoms with van der Waals surface area (Å²) in [6.45, 7) is 0. The molecule has 4 rings (SSSR count). The van der Waals surface area contributed by atoms with Gasteiger partial charge in [0.1, 0.15) is 11.5 Å². The second-order valence-electron chi connectivity index (χ2n) is 6.10. The SMILES string of the molecule is CN(C)c1ccc(C2c3ccccc3Oc3ccccc32)cc1. The van der Waals surface area contributed by atoms with Gasteiger partial charge in [0, 0.05) is 36.8 Å². The van der Waals surface area contributed by atoms with Gasteiger partial charge in [-0.2, -0.15) is 0 Å². The molecule has 1 aliphatic heterocycles. The van der Waals surface area contributed by atoms with E-state index in [4.69, 9.17) is 4.74 Å². The molecule has 0 fully saturated rings. The van der Waals surface area contributed by atoms with E-state index in [1.165, 1.54) is 22.4 Å². The number of hydrogen-bond donors (Lipinski definition) is 0. The molecule has 0 aliphatic carbocycles. The number of hydrogen-bond acceptors (Lipinski definition) is 2. The Morgan fingerprint density at radius 2 is 1.22 bits per heavy atom. The number of anilines is 1. The summed E-state index contributed by atoms with van der Waals surface area (Å²) in [5.41, 5.74) is 4.95. The molecule has 0 saturated carbocycles. The molecule has 0 unspecified atom stereocenters. The predicted octanol–water partition coefficient (Wildman–Crippen LogP) is 5.04. The maximum absolute atomic E-state index is 6.08. The number of para-hydroxylation sites is 2. The number of nitrogens with zero attached hydrogens (tertiary/aromatic N) is 1. The van der Waals surface area contributed by atoms with Crippen molar-refractivity contribution in [2.24, 2.45) is 0 Å². The summed E-state index contributed by atoms with van der Waals surface area (Å²) in [4.78, 5) is 2.12. The predicted molar refractivity (Wildman–Crippen MR) is 94.7 cm³/mol. The highest BCUT2D eigenvalue weighted by atomic mass is 16.5. The Balaban J connectivity index is 1.87. The normalized spacial score (nSPS) is 13.0. The van der Waals surface area contributed by atoms with E-state index in [1.54, 1.807) is 0 Å². The second kappa shape index (κ2) is 5.47. The molecule has 0 aromatic heterocycles. The Morgan fingerprint density at radius 1 is 0.696 bits per heavy atom. The molecule has 114 valence electrons. The minimum absolute atomic E-state index is 0.215. The highest BCUT2D eigenvalue weighted by Crippen LogP contribution is 2.47. The fourth-order valence-electron chi connectivity index (χ4n) is 3.23. The van der Waals surface area contributed by atoms with E-state index in [1.807, 2.05) is 24.3 Å². The maximum atomic E-state index is 6.08. The van der Waals surface area contributed by atoms with Crippen molar-refractivity contribution in [1.82, 2.24) is 0 Å². The average molecular weight is 301 g/mol. The van der Waals surface area contributed by atoms with Crippen LogP contribution in [0.4, 0.5) is 5.69 Å². The van der Waals surface area contributed by atoms with Crippen LogP contribution in [0, 0.1) is 0 Å². The zero-order valence-electron chi connectivity index (χ0n) is 13.4. The molecule has 3 aromatic carbocycles. The van der Waals surface area contributed by atoms with Crippen LogP contribution in [0.25, 0.3) is 0 Å². The van der Waals surface area contributed by atoms with Crippen LogP contribution in [0.5, 0.6) is 11.5 Å². The lowest BCUT2D eigenvalue weighted by Crippen LogP contribution is -2.12. The van der Waals surface area contributed by atoms with Gasteiger partial charge in [-0.1, -0.05) is 48.5 Å². The maximum Gasteiger partial charge on any atom is 0.131 e. The molecular formula is C21H19NO. The van der Waals surface area contributed by atoms with E-state index in [-0.39, 0.29) is 5.92 Å². The zero-order chi connectivity index (χ0) is 15.8. The smallest absolute Gasteiger partial charge is 0.131 e. The molecule has 23 heavy (non-hydrogen) atoms. The topological polar surface area (TPSA) is 12.5 Å². The first-order chi connectivity index (χ1) is 11.2. The van der Waals surface area contributed by atoms with Crippen molar-refractivity contribution in [2.45, 2.75) is 5.92 Å². The summed E-state index contributed by atoms with van der Waals surface area (Å²) in [7, 11) is 4.13. The highest BCUT2D eigenvalue weighted by Gasteiger charge is 2.27. The van der Waals surface area contributed by atoms with Crippen LogP contribution < -0.4 is 9.64 Å². The van der Waals surface area contributed by atoms with Crippen LogP contribution in [-0.4, -0.2) is 14.1 Å². The molecule has 0 atom stereocenters. The van der Waals surface area contributed by atoms with E-state index in [0.717, 1.165) is 11.5 Å². The largest absolute Gasteiger partial charge is 0.457 e. The van der Waals surface area contributed by atoms with Gasteiger partial charge in [0.2, 0.25) is 0 Å². The quantitative estimate of drug-likeness (QED) is 0.514. The fourth-order valence-corrected chi connectivity index (χ4v) is 3.23. The van der Waals surface area contributed by atoms with Crippen molar-refractivity contribution in [3.63, 3.8) is 0 Å². The van der Waals surface area contributed by atoms with Gasteiger partial charge in [-0.15, -0.1) is 0 Å². The first-order valence-electron chi connectivity index (χ1n) is 7.87. The molecule has 1 heterocycles. The van der Waals surface area contributed by atoms with Gasteiger partial charge in [-0.25, -0.2) is 0 Å². The number of ether oxygens (including phenoxy) is 1. The summed E-state index contributed by atoms with van der Waals surface area (Å²) >= 11 is 0. The fraction of sp³-hybridized carbons (Fsp3) is 0.143. The molecular weight excluding hydrogens is 282 g/mol. The van der Waals surface area contributed by atoms with E-state index < -0.39 is 0 Å². The minimum atomic E-state index is 0.215. The van der Waals surface area contributed by atoms with Crippen LogP contribution in [0.1, 0.15) is 22.6 Å². The van der Waals surface area contributed by atoms with Gasteiger partial charge in [-0.05, 0) is 29.8 Å². The van der Waals surface area contributed by atoms with E-state index in [2.05, 4.69) is 67.5 Å². The number of benzene rings is 3. The summed E-state index contributed by atoms with van der Waals surface area (Å²) in [5.74, 6) is 2.12. The first kappa shape index (κ1) is 13.9. The third-order valence-electron chi connectivity index (χ3n) is 4.42. The molecule has 0 bridgehead atoms. The molecule has 0 saturated heterocycles. The molecule has 2 heteroatoms. The Labute approximate surface area is 137 Å². The van der Waals surface area contributed by atoms with Crippen LogP contribution in [-0.2, 0) is 0 Å². The molecule has 0 radical (unpaired) electrons. The highest BCUT2D eigenvalue weighted by molar-refractivity contribution is 5.59. The number of fused-ring (bicyclic) bond motifs is 2. The van der Waals surface area contributed by atoms with E-state index in [9.17, 15) is 0 Å². The molecule has 0 N–H and O–H groups in total. The molecule has 3 aromatic rings. The van der Waals surface area contributed by atoms with E-state index >= 15 is 0 Å². The van der Waals surface area contributed by atoms with Gasteiger partial charge >= 0.3 is 0 Å². The van der Waals surface area contributed by atoms with Crippen molar-refractivity contribution in [3.8, 4) is 11.5 Å². The van der Waals surface area contributed by atoms with Gasteiger partial charge in [0.15, 0.2) is 0 Å². The monoisotopic (exact) mass is 301 g/mol. The Kier molecular flexibility index (Phi) is 3.30. The summed E-state index contributed by atoms with van der Waals surface area (Å²) in [6.07, 6.45) is 0. The lowest BCUT2D eigenvalue weighted by atomic mass is 9.82. The zero-order valence-corrected chi connectivity index (χ0v) is 13.4. The average Bonchev–Trinajstić information content (AvgIpc) is 2.59. The van der Waals surface area contributed by atoms with Crippen molar-refractivity contribution < 1.29 is 4.74 Å². The van der Waals surface area contributed by atoms with Gasteiger partial charge in [-0.3, -0.25) is 0 Å². The molecule has 1 aliphatic rings. The first-order valence-corrected chi connectivity index (χ1v) is 7.87. The van der Waals surface area contributed by atoms with Crippen LogP contribution in [0.15, 0.2) is 72.8 Å². The van der Waals surface area contributed by atoms with Crippen molar-refractivity contribution in [1.29, 1.82) is 0 Å². The second-order valence-corrected chi connectivity index (χ2v) is 6.10. The van der Waals surface area contributed by atoms with Gasteiger partial charge in [0.05, 0.1) is 0 Å². The van der Waals surface area contributed by atoms with Crippen molar-refractivity contribution in [2.75, 3.05) is 19.0 Å². The van der Waals surface area contributed by atoms with Crippen molar-refractivity contribution >= 4 is 5.69 Å². The Morgan fingerprint density at radius 3 is 1.74 bits per heavy atom. The van der Waals surface area contributed by atoms with Gasteiger partial charge < -0.3 is 9.64 Å². The minimum Gasteiger partial charge on any atom is -0.457 e. The lowest BCUT2D eigenvalue weighted by Gasteiger charge is -2.28. The molecule has 0 spiro atoms. The third kappa shape index (κ3) is 2.36. The molecule has 2 nitrogen and oxygen atoms in total.